The zero-order valence-electron chi connectivity index (χ0n) is 12.4. The quantitative estimate of drug-likeness (QED) is 0.760. The van der Waals surface area contributed by atoms with E-state index in [4.69, 9.17) is 5.73 Å². The Morgan fingerprint density at radius 3 is 2.16 bits per heavy atom. The number of likely N-dealkylation sites (tertiary alicyclic amines) is 1. The van der Waals surface area contributed by atoms with Crippen molar-refractivity contribution in [1.29, 1.82) is 0 Å². The third kappa shape index (κ3) is 4.46. The lowest BCUT2D eigenvalue weighted by molar-refractivity contribution is -0.134. The number of nitrogens with zero attached hydrogens (tertiary/aromatic N) is 1. The fourth-order valence-electron chi connectivity index (χ4n) is 2.67. The summed E-state index contributed by atoms with van der Waals surface area (Å²) in [6, 6.07) is -0.329. The Morgan fingerprint density at radius 1 is 1.16 bits per heavy atom. The third-order valence-corrected chi connectivity index (χ3v) is 4.49. The molecule has 0 aromatic carbocycles. The van der Waals surface area contributed by atoms with Crippen molar-refractivity contribution in [1.82, 2.24) is 10.2 Å². The summed E-state index contributed by atoms with van der Waals surface area (Å²) in [7, 11) is 0. The number of nitrogens with two attached hydrogens (primary N) is 1. The van der Waals surface area contributed by atoms with Crippen LogP contribution < -0.4 is 11.1 Å². The van der Waals surface area contributed by atoms with Gasteiger partial charge in [0.05, 0.1) is 6.04 Å². The molecule has 1 aliphatic heterocycles. The second-order valence-corrected chi connectivity index (χ2v) is 6.64. The van der Waals surface area contributed by atoms with E-state index in [1.54, 1.807) is 0 Å². The molecule has 110 valence electrons. The van der Waals surface area contributed by atoms with Gasteiger partial charge in [-0.3, -0.25) is 4.79 Å². The van der Waals surface area contributed by atoms with E-state index in [-0.39, 0.29) is 17.9 Å². The van der Waals surface area contributed by atoms with Crippen LogP contribution in [0, 0.1) is 17.8 Å². The number of piperidine rings is 1. The Morgan fingerprint density at radius 2 is 1.68 bits per heavy atom. The molecule has 1 saturated carbocycles. The predicted molar refractivity (Wildman–Crippen MR) is 77.7 cm³/mol. The number of nitrogens with one attached hydrogen (secondary N) is 1. The van der Waals surface area contributed by atoms with Crippen molar-refractivity contribution in [2.45, 2.75) is 45.6 Å². The second-order valence-electron chi connectivity index (χ2n) is 6.64. The van der Waals surface area contributed by atoms with E-state index in [1.807, 2.05) is 18.7 Å². The van der Waals surface area contributed by atoms with Gasteiger partial charge >= 0.3 is 0 Å². The molecule has 0 aromatic rings. The summed E-state index contributed by atoms with van der Waals surface area (Å²) in [6.07, 6.45) is 5.06. The first-order chi connectivity index (χ1) is 9.08. The number of carbonyl (C=O) groups is 1. The fourth-order valence-corrected chi connectivity index (χ4v) is 2.67. The highest BCUT2D eigenvalue weighted by atomic mass is 16.2. The Bertz CT molecular complexity index is 294. The molecule has 0 bridgehead atoms. The van der Waals surface area contributed by atoms with Gasteiger partial charge in [0.2, 0.25) is 5.91 Å². The van der Waals surface area contributed by atoms with Crippen molar-refractivity contribution >= 4 is 5.91 Å². The molecule has 3 N–H and O–H groups in total. The monoisotopic (exact) mass is 267 g/mol. The van der Waals surface area contributed by atoms with Crippen LogP contribution in [0.3, 0.4) is 0 Å². The Labute approximate surface area is 117 Å². The van der Waals surface area contributed by atoms with Crippen molar-refractivity contribution in [3.05, 3.63) is 0 Å². The van der Waals surface area contributed by atoms with Gasteiger partial charge in [-0.2, -0.15) is 0 Å². The van der Waals surface area contributed by atoms with Gasteiger partial charge in [0.1, 0.15) is 0 Å². The van der Waals surface area contributed by atoms with Crippen molar-refractivity contribution in [3.8, 4) is 0 Å². The molecule has 1 saturated heterocycles. The molecule has 4 nitrogen and oxygen atoms in total. The summed E-state index contributed by atoms with van der Waals surface area (Å²) in [5.41, 5.74) is 5.94. The lowest BCUT2D eigenvalue weighted by Crippen LogP contribution is -2.49. The van der Waals surface area contributed by atoms with Gasteiger partial charge in [-0.05, 0) is 56.5 Å². The molecule has 2 aliphatic rings. The predicted octanol–water partition coefficient (Wildman–Crippen LogP) is 1.21. The minimum atomic E-state index is -0.329. The van der Waals surface area contributed by atoms with E-state index in [9.17, 15) is 4.79 Å². The summed E-state index contributed by atoms with van der Waals surface area (Å²) in [6.45, 7) is 8.10. The lowest BCUT2D eigenvalue weighted by Gasteiger charge is -2.34. The largest absolute Gasteiger partial charge is 0.341 e. The fraction of sp³-hybridized carbons (Fsp3) is 0.933. The van der Waals surface area contributed by atoms with E-state index in [2.05, 4.69) is 5.32 Å². The minimum Gasteiger partial charge on any atom is -0.341 e. The molecule has 1 heterocycles. The summed E-state index contributed by atoms with van der Waals surface area (Å²) in [5.74, 6) is 2.05. The maximum atomic E-state index is 12.1. The third-order valence-electron chi connectivity index (χ3n) is 4.49. The Balaban J connectivity index is 1.64. The van der Waals surface area contributed by atoms with Crippen LogP contribution in [0.1, 0.15) is 39.5 Å². The molecule has 0 spiro atoms. The molecule has 1 aliphatic carbocycles. The number of amides is 1. The molecular formula is C15H29N3O. The Kier molecular flexibility index (Phi) is 5.22. The molecule has 2 rings (SSSR count). The zero-order chi connectivity index (χ0) is 13.8. The van der Waals surface area contributed by atoms with Gasteiger partial charge in [-0.15, -0.1) is 0 Å². The van der Waals surface area contributed by atoms with Crippen LogP contribution in [0.25, 0.3) is 0 Å². The normalized spacial score (nSPS) is 22.8. The van der Waals surface area contributed by atoms with Gasteiger partial charge in [-0.25, -0.2) is 0 Å². The van der Waals surface area contributed by atoms with Crippen LogP contribution in [0.15, 0.2) is 0 Å². The van der Waals surface area contributed by atoms with Gasteiger partial charge in [0.25, 0.3) is 0 Å². The van der Waals surface area contributed by atoms with Crippen LogP contribution in [-0.2, 0) is 4.79 Å². The van der Waals surface area contributed by atoms with Crippen LogP contribution >= 0.6 is 0 Å². The standard InChI is InChI=1S/C15H29N3O/c1-11(2)14(16)15(19)18-7-5-13(6-8-18)10-17-9-12-3-4-12/h11-14,17H,3-10,16H2,1-2H3. The van der Waals surface area contributed by atoms with Crippen LogP contribution in [0.5, 0.6) is 0 Å². The first-order valence-electron chi connectivity index (χ1n) is 7.83. The van der Waals surface area contributed by atoms with E-state index < -0.39 is 0 Å². The summed E-state index contributed by atoms with van der Waals surface area (Å²) in [4.78, 5) is 14.1. The second kappa shape index (κ2) is 6.71. The molecule has 1 atom stereocenters. The van der Waals surface area contributed by atoms with Gasteiger partial charge in [0.15, 0.2) is 0 Å². The Hall–Kier alpha value is -0.610. The lowest BCUT2D eigenvalue weighted by atomic mass is 9.95. The highest BCUT2D eigenvalue weighted by molar-refractivity contribution is 5.82. The number of rotatable bonds is 6. The highest BCUT2D eigenvalue weighted by Gasteiger charge is 2.28. The van der Waals surface area contributed by atoms with Crippen LogP contribution in [-0.4, -0.2) is 43.0 Å². The highest BCUT2D eigenvalue weighted by Crippen LogP contribution is 2.27. The summed E-state index contributed by atoms with van der Waals surface area (Å²) in [5, 5.41) is 3.57. The van der Waals surface area contributed by atoms with E-state index in [0.29, 0.717) is 0 Å². The first-order valence-corrected chi connectivity index (χ1v) is 7.83. The average molecular weight is 267 g/mol. The zero-order valence-corrected chi connectivity index (χ0v) is 12.4. The summed E-state index contributed by atoms with van der Waals surface area (Å²) >= 11 is 0. The molecule has 19 heavy (non-hydrogen) atoms. The first kappa shape index (κ1) is 14.8. The van der Waals surface area contributed by atoms with E-state index in [1.165, 1.54) is 19.4 Å². The van der Waals surface area contributed by atoms with Crippen molar-refractivity contribution < 1.29 is 4.79 Å². The van der Waals surface area contributed by atoms with E-state index in [0.717, 1.165) is 44.3 Å². The molecule has 1 amide bonds. The van der Waals surface area contributed by atoms with Crippen molar-refractivity contribution in [3.63, 3.8) is 0 Å². The molecule has 2 fully saturated rings. The van der Waals surface area contributed by atoms with Crippen LogP contribution in [0.2, 0.25) is 0 Å². The van der Waals surface area contributed by atoms with Crippen molar-refractivity contribution in [2.75, 3.05) is 26.2 Å². The summed E-state index contributed by atoms with van der Waals surface area (Å²) < 4.78 is 0. The van der Waals surface area contributed by atoms with E-state index >= 15 is 0 Å². The van der Waals surface area contributed by atoms with Crippen molar-refractivity contribution in [2.24, 2.45) is 23.5 Å². The smallest absolute Gasteiger partial charge is 0.239 e. The topological polar surface area (TPSA) is 58.4 Å². The molecule has 4 heteroatoms. The number of hydrogen-bond donors (Lipinski definition) is 2. The minimum absolute atomic E-state index is 0.138. The molecule has 0 radical (unpaired) electrons. The maximum absolute atomic E-state index is 12.1. The van der Waals surface area contributed by atoms with Gasteiger partial charge < -0.3 is 16.0 Å². The SMILES string of the molecule is CC(C)C(N)C(=O)N1CCC(CNCC2CC2)CC1. The number of hydrogen-bond acceptors (Lipinski definition) is 3. The van der Waals surface area contributed by atoms with Crippen LogP contribution in [0.4, 0.5) is 0 Å². The molecular weight excluding hydrogens is 238 g/mol. The molecule has 0 aromatic heterocycles. The maximum Gasteiger partial charge on any atom is 0.239 e. The number of carbonyl (C=O) groups excluding carboxylic acids is 1. The molecule has 1 unspecified atom stereocenters. The average Bonchev–Trinajstić information content (AvgIpc) is 3.22. The van der Waals surface area contributed by atoms with Gasteiger partial charge in [0, 0.05) is 13.1 Å². The van der Waals surface area contributed by atoms with Gasteiger partial charge in [-0.1, -0.05) is 13.8 Å².